The largest absolute Gasteiger partial charge is 0.454 e. The van der Waals surface area contributed by atoms with Gasteiger partial charge in [0.2, 0.25) is 0 Å². The lowest BCUT2D eigenvalue weighted by Crippen LogP contribution is -2.11. The molecular formula is C15H10ClF2N3O2. The fourth-order valence-corrected chi connectivity index (χ4v) is 2.09. The Balaban J connectivity index is 1.69. The van der Waals surface area contributed by atoms with E-state index in [1.807, 2.05) is 0 Å². The number of carbonyl (C=O) groups excluding carboxylic acids is 1. The van der Waals surface area contributed by atoms with E-state index < -0.39 is 17.5 Å². The molecule has 0 radical (unpaired) electrons. The molecular weight excluding hydrogens is 328 g/mol. The van der Waals surface area contributed by atoms with Crippen molar-refractivity contribution in [2.45, 2.75) is 6.54 Å². The van der Waals surface area contributed by atoms with Crippen molar-refractivity contribution in [3.63, 3.8) is 0 Å². The first-order chi connectivity index (χ1) is 11.0. The van der Waals surface area contributed by atoms with E-state index in [0.717, 1.165) is 12.1 Å². The predicted molar refractivity (Wildman–Crippen MR) is 79.4 cm³/mol. The smallest absolute Gasteiger partial charge is 0.291 e. The number of halogens is 3. The van der Waals surface area contributed by atoms with Crippen molar-refractivity contribution in [3.05, 3.63) is 70.9 Å². The van der Waals surface area contributed by atoms with E-state index in [1.165, 1.54) is 18.3 Å². The van der Waals surface area contributed by atoms with Gasteiger partial charge in [0.1, 0.15) is 5.76 Å². The Hall–Kier alpha value is -2.67. The van der Waals surface area contributed by atoms with Crippen molar-refractivity contribution in [2.75, 3.05) is 5.32 Å². The number of carbonyl (C=O) groups is 1. The monoisotopic (exact) mass is 337 g/mol. The first-order valence-electron chi connectivity index (χ1n) is 6.54. The topological polar surface area (TPSA) is 60.1 Å². The van der Waals surface area contributed by atoms with Gasteiger partial charge in [0.05, 0.1) is 17.8 Å². The zero-order valence-electron chi connectivity index (χ0n) is 11.6. The highest BCUT2D eigenvalue weighted by Crippen LogP contribution is 2.16. The fourth-order valence-electron chi connectivity index (χ4n) is 1.94. The molecule has 0 atom stereocenters. The summed E-state index contributed by atoms with van der Waals surface area (Å²) in [5, 5.41) is 6.92. The molecule has 5 nitrogen and oxygen atoms in total. The predicted octanol–water partition coefficient (Wildman–Crippen LogP) is 3.71. The molecule has 0 aliphatic heterocycles. The Morgan fingerprint density at radius 3 is 2.78 bits per heavy atom. The van der Waals surface area contributed by atoms with E-state index in [4.69, 9.17) is 16.0 Å². The summed E-state index contributed by atoms with van der Waals surface area (Å²) in [6, 6.07) is 6.18. The van der Waals surface area contributed by atoms with Crippen molar-refractivity contribution in [3.8, 4) is 0 Å². The molecule has 2 aromatic heterocycles. The molecule has 118 valence electrons. The number of hydrogen-bond donors (Lipinski definition) is 1. The number of nitrogens with zero attached hydrogens (tertiary/aromatic N) is 2. The summed E-state index contributed by atoms with van der Waals surface area (Å²) in [7, 11) is 0. The fraction of sp³-hybridized carbons (Fsp3) is 0.0667. The van der Waals surface area contributed by atoms with Crippen LogP contribution in [0.15, 0.2) is 47.1 Å². The Labute approximate surface area is 134 Å². The van der Waals surface area contributed by atoms with Crippen LogP contribution in [0.3, 0.4) is 0 Å². The highest BCUT2D eigenvalue weighted by molar-refractivity contribution is 6.30. The van der Waals surface area contributed by atoms with E-state index in [9.17, 15) is 13.6 Å². The maximum absolute atomic E-state index is 13.1. The minimum absolute atomic E-state index is 0.0444. The van der Waals surface area contributed by atoms with Gasteiger partial charge in [0, 0.05) is 18.0 Å². The lowest BCUT2D eigenvalue weighted by molar-refractivity contribution is 0.0994. The third-order valence-corrected chi connectivity index (χ3v) is 3.18. The van der Waals surface area contributed by atoms with Gasteiger partial charge in [-0.3, -0.25) is 9.48 Å². The van der Waals surface area contributed by atoms with E-state index in [1.54, 1.807) is 16.9 Å². The van der Waals surface area contributed by atoms with Gasteiger partial charge in [-0.25, -0.2) is 8.78 Å². The van der Waals surface area contributed by atoms with E-state index in [-0.39, 0.29) is 11.4 Å². The zero-order valence-corrected chi connectivity index (χ0v) is 12.3. The minimum atomic E-state index is -1.04. The molecule has 3 aromatic rings. The second-order valence-electron chi connectivity index (χ2n) is 4.71. The molecule has 8 heteroatoms. The molecule has 0 saturated heterocycles. The molecule has 0 bridgehead atoms. The van der Waals surface area contributed by atoms with Gasteiger partial charge in [-0.15, -0.1) is 0 Å². The van der Waals surface area contributed by atoms with Crippen LogP contribution in [0.25, 0.3) is 0 Å². The SMILES string of the molecule is O=C(Nc1ccc(F)c(F)c1)c1ccc(Cn2cc(Cl)cn2)o1. The minimum Gasteiger partial charge on any atom is -0.454 e. The van der Waals surface area contributed by atoms with E-state index >= 15 is 0 Å². The van der Waals surface area contributed by atoms with Crippen molar-refractivity contribution in [2.24, 2.45) is 0 Å². The molecule has 0 aliphatic carbocycles. The maximum Gasteiger partial charge on any atom is 0.291 e. The average Bonchev–Trinajstić information content (AvgIpc) is 3.13. The van der Waals surface area contributed by atoms with Gasteiger partial charge < -0.3 is 9.73 Å². The van der Waals surface area contributed by atoms with Crippen molar-refractivity contribution >= 4 is 23.2 Å². The van der Waals surface area contributed by atoms with Gasteiger partial charge in [-0.05, 0) is 24.3 Å². The Morgan fingerprint density at radius 1 is 1.26 bits per heavy atom. The second-order valence-corrected chi connectivity index (χ2v) is 5.14. The van der Waals surface area contributed by atoms with E-state index in [2.05, 4.69) is 10.4 Å². The summed E-state index contributed by atoms with van der Waals surface area (Å²) < 4.78 is 32.9. The molecule has 1 aromatic carbocycles. The highest BCUT2D eigenvalue weighted by Gasteiger charge is 2.13. The van der Waals surface area contributed by atoms with Crippen LogP contribution in [0.1, 0.15) is 16.3 Å². The molecule has 0 saturated carbocycles. The van der Waals surface area contributed by atoms with Crippen LogP contribution < -0.4 is 5.32 Å². The Morgan fingerprint density at radius 2 is 2.09 bits per heavy atom. The van der Waals surface area contributed by atoms with Crippen LogP contribution in [0, 0.1) is 11.6 Å². The summed E-state index contributed by atoms with van der Waals surface area (Å²) in [6.07, 6.45) is 3.10. The van der Waals surface area contributed by atoms with Crippen LogP contribution >= 0.6 is 11.6 Å². The molecule has 0 fully saturated rings. The number of benzene rings is 1. The molecule has 1 N–H and O–H groups in total. The number of aromatic nitrogens is 2. The first kappa shape index (κ1) is 15.2. The van der Waals surface area contributed by atoms with Gasteiger partial charge >= 0.3 is 0 Å². The van der Waals surface area contributed by atoms with Gasteiger partial charge in [-0.2, -0.15) is 5.10 Å². The third kappa shape index (κ3) is 3.57. The van der Waals surface area contributed by atoms with Crippen LogP contribution in [0.5, 0.6) is 0 Å². The number of furan rings is 1. The molecule has 3 rings (SSSR count). The third-order valence-electron chi connectivity index (χ3n) is 2.98. The molecule has 0 unspecified atom stereocenters. The van der Waals surface area contributed by atoms with Gasteiger partial charge in [-0.1, -0.05) is 11.6 Å². The second kappa shape index (κ2) is 6.21. The van der Waals surface area contributed by atoms with E-state index in [0.29, 0.717) is 17.3 Å². The lowest BCUT2D eigenvalue weighted by atomic mass is 10.3. The highest BCUT2D eigenvalue weighted by atomic mass is 35.5. The first-order valence-corrected chi connectivity index (χ1v) is 6.92. The number of anilines is 1. The summed E-state index contributed by atoms with van der Waals surface area (Å²) in [4.78, 5) is 12.0. The number of amides is 1. The van der Waals surface area contributed by atoms with Crippen LogP contribution in [0.2, 0.25) is 5.02 Å². The number of nitrogens with one attached hydrogen (secondary N) is 1. The average molecular weight is 338 g/mol. The van der Waals surface area contributed by atoms with Gasteiger partial charge in [0.25, 0.3) is 5.91 Å². The zero-order chi connectivity index (χ0) is 16.4. The van der Waals surface area contributed by atoms with Crippen molar-refractivity contribution in [1.29, 1.82) is 0 Å². The number of hydrogen-bond acceptors (Lipinski definition) is 3. The lowest BCUT2D eigenvalue weighted by Gasteiger charge is -2.03. The van der Waals surface area contributed by atoms with Crippen LogP contribution in [-0.2, 0) is 6.54 Å². The summed E-state index contributed by atoms with van der Waals surface area (Å²) in [5.74, 6) is -2.05. The summed E-state index contributed by atoms with van der Waals surface area (Å²) in [6.45, 7) is 0.311. The standard InChI is InChI=1S/C15H10ClF2N3O2/c16-9-6-19-21(7-9)8-11-2-4-14(23-11)15(22)20-10-1-3-12(17)13(18)5-10/h1-7H,8H2,(H,20,22). The molecule has 0 spiro atoms. The molecule has 23 heavy (non-hydrogen) atoms. The summed E-state index contributed by atoms with van der Waals surface area (Å²) >= 11 is 5.76. The summed E-state index contributed by atoms with van der Waals surface area (Å²) in [5.41, 5.74) is 0.130. The maximum atomic E-state index is 13.1. The Kier molecular flexibility index (Phi) is 4.12. The van der Waals surface area contributed by atoms with Crippen LogP contribution in [-0.4, -0.2) is 15.7 Å². The van der Waals surface area contributed by atoms with Crippen molar-refractivity contribution in [1.82, 2.24) is 9.78 Å². The molecule has 1 amide bonds. The normalized spacial score (nSPS) is 10.7. The molecule has 2 heterocycles. The van der Waals surface area contributed by atoms with Gasteiger partial charge in [0.15, 0.2) is 17.4 Å². The molecule has 0 aliphatic rings. The van der Waals surface area contributed by atoms with Crippen LogP contribution in [0.4, 0.5) is 14.5 Å². The van der Waals surface area contributed by atoms with Crippen molar-refractivity contribution < 1.29 is 18.0 Å². The number of rotatable bonds is 4. The Bertz CT molecular complexity index is 860. The quantitative estimate of drug-likeness (QED) is 0.789.